The molecule has 0 bridgehead atoms. The summed E-state index contributed by atoms with van der Waals surface area (Å²) in [4.78, 5) is 0. The lowest BCUT2D eigenvalue weighted by molar-refractivity contribution is 0.412. The maximum atomic E-state index is 2.35. The van der Waals surface area contributed by atoms with Crippen LogP contribution in [0.3, 0.4) is 0 Å². The second kappa shape index (κ2) is 10.0. The molecule has 0 fully saturated rings. The van der Waals surface area contributed by atoms with Crippen molar-refractivity contribution in [1.82, 2.24) is 0 Å². The summed E-state index contributed by atoms with van der Waals surface area (Å²) in [5, 5.41) is 0. The van der Waals surface area contributed by atoms with E-state index in [1.807, 2.05) is 0 Å². The molecule has 0 spiro atoms. The van der Waals surface area contributed by atoms with Crippen LogP contribution >= 0.6 is 0 Å². The van der Waals surface area contributed by atoms with Gasteiger partial charge in [-0.05, 0) is 18.3 Å². The van der Waals surface area contributed by atoms with E-state index in [0.29, 0.717) is 0 Å². The molecule has 0 aromatic heterocycles. The van der Waals surface area contributed by atoms with Crippen molar-refractivity contribution in [3.63, 3.8) is 0 Å². The zero-order valence-corrected chi connectivity index (χ0v) is 7.28. The molecule has 0 radical (unpaired) electrons. The lowest BCUT2D eigenvalue weighted by atomic mass is 9.95. The van der Waals surface area contributed by atoms with Crippen molar-refractivity contribution in [1.29, 1.82) is 0 Å². The molecule has 72 valence electrons. The molecule has 11 heavy (non-hydrogen) atoms. The lowest BCUT2D eigenvalue weighted by Gasteiger charge is -2.11. The molecule has 0 N–H and O–H groups in total. The fourth-order valence-electron chi connectivity index (χ4n) is 1.42. The van der Waals surface area contributed by atoms with Gasteiger partial charge in [-0.25, -0.2) is 0 Å². The molecule has 0 aromatic carbocycles. The van der Waals surface area contributed by atoms with Crippen LogP contribution in [0.15, 0.2) is 0 Å². The largest absolute Gasteiger partial charge is 0.0776 e. The molecule has 0 nitrogen and oxygen atoms in total. The summed E-state index contributed by atoms with van der Waals surface area (Å²) in [5.41, 5.74) is 0. The minimum absolute atomic E-state index is 0. The van der Waals surface area contributed by atoms with Crippen molar-refractivity contribution >= 4 is 0 Å². The van der Waals surface area contributed by atoms with Gasteiger partial charge in [0.05, 0.1) is 0 Å². The van der Waals surface area contributed by atoms with Gasteiger partial charge in [0.1, 0.15) is 0 Å². The van der Waals surface area contributed by atoms with Gasteiger partial charge < -0.3 is 0 Å². The number of hydrogen-bond acceptors (Lipinski definition) is 0. The van der Waals surface area contributed by atoms with Gasteiger partial charge in [-0.15, -0.1) is 0 Å². The van der Waals surface area contributed by atoms with E-state index in [1.54, 1.807) is 0 Å². The predicted octanol–water partition coefficient (Wildman–Crippen LogP) is 4.74. The molecule has 0 heteroatoms. The van der Waals surface area contributed by atoms with Crippen molar-refractivity contribution in [3.05, 3.63) is 0 Å². The van der Waals surface area contributed by atoms with Gasteiger partial charge in [-0.2, -0.15) is 0 Å². The Morgan fingerprint density at radius 2 is 1.45 bits per heavy atom. The van der Waals surface area contributed by atoms with Crippen LogP contribution in [0.2, 0.25) is 0 Å². The molecule has 0 saturated carbocycles. The molecule has 0 amide bonds. The SMILES string of the molecule is C.C.CCCC(C)CC(C)C. The summed E-state index contributed by atoms with van der Waals surface area (Å²) in [7, 11) is 0. The highest BCUT2D eigenvalue weighted by molar-refractivity contribution is 4.54. The van der Waals surface area contributed by atoms with Gasteiger partial charge >= 0.3 is 0 Å². The lowest BCUT2D eigenvalue weighted by Crippen LogP contribution is -1.98. The first-order valence-corrected chi connectivity index (χ1v) is 4.16. The molecular weight excluding hydrogens is 132 g/mol. The van der Waals surface area contributed by atoms with E-state index in [0.717, 1.165) is 11.8 Å². The maximum absolute atomic E-state index is 2.35. The molecule has 1 unspecified atom stereocenters. The molecule has 0 heterocycles. The Morgan fingerprint density at radius 3 is 1.73 bits per heavy atom. The van der Waals surface area contributed by atoms with Crippen molar-refractivity contribution < 1.29 is 0 Å². The highest BCUT2D eigenvalue weighted by Crippen LogP contribution is 2.15. The van der Waals surface area contributed by atoms with Gasteiger partial charge in [0.15, 0.2) is 0 Å². The van der Waals surface area contributed by atoms with E-state index in [4.69, 9.17) is 0 Å². The summed E-state index contributed by atoms with van der Waals surface area (Å²) < 4.78 is 0. The van der Waals surface area contributed by atoms with Crippen LogP contribution in [0.5, 0.6) is 0 Å². The third kappa shape index (κ3) is 13.1. The Hall–Kier alpha value is 0. The van der Waals surface area contributed by atoms with Crippen molar-refractivity contribution in [2.75, 3.05) is 0 Å². The molecule has 0 aromatic rings. The Morgan fingerprint density at radius 1 is 1.00 bits per heavy atom. The molecular formula is C11H28. The first-order valence-electron chi connectivity index (χ1n) is 4.16. The topological polar surface area (TPSA) is 0 Å². The fourth-order valence-corrected chi connectivity index (χ4v) is 1.42. The Kier molecular flexibility index (Phi) is 15.6. The summed E-state index contributed by atoms with van der Waals surface area (Å²) in [6.07, 6.45) is 4.14. The highest BCUT2D eigenvalue weighted by Gasteiger charge is 2.02. The summed E-state index contributed by atoms with van der Waals surface area (Å²) >= 11 is 0. The van der Waals surface area contributed by atoms with Crippen LogP contribution in [0.4, 0.5) is 0 Å². The van der Waals surface area contributed by atoms with E-state index in [2.05, 4.69) is 27.7 Å². The first-order chi connectivity index (χ1) is 4.16. The fraction of sp³-hybridized carbons (Fsp3) is 1.00. The van der Waals surface area contributed by atoms with Crippen LogP contribution in [-0.4, -0.2) is 0 Å². The van der Waals surface area contributed by atoms with Gasteiger partial charge in [0.25, 0.3) is 0 Å². The zero-order chi connectivity index (χ0) is 7.28. The first kappa shape index (κ1) is 17.2. The van der Waals surface area contributed by atoms with Crippen LogP contribution in [0.25, 0.3) is 0 Å². The van der Waals surface area contributed by atoms with E-state index >= 15 is 0 Å². The van der Waals surface area contributed by atoms with Gasteiger partial charge in [0, 0.05) is 0 Å². The van der Waals surface area contributed by atoms with Crippen LogP contribution in [0, 0.1) is 11.8 Å². The van der Waals surface area contributed by atoms with Crippen molar-refractivity contribution in [3.8, 4) is 0 Å². The van der Waals surface area contributed by atoms with Crippen LogP contribution in [-0.2, 0) is 0 Å². The number of hydrogen-bond donors (Lipinski definition) is 0. The van der Waals surface area contributed by atoms with Crippen LogP contribution < -0.4 is 0 Å². The summed E-state index contributed by atoms with van der Waals surface area (Å²) in [5.74, 6) is 1.82. The summed E-state index contributed by atoms with van der Waals surface area (Å²) in [6, 6.07) is 0. The third-order valence-electron chi connectivity index (χ3n) is 1.66. The maximum Gasteiger partial charge on any atom is -0.0440 e. The third-order valence-corrected chi connectivity index (χ3v) is 1.66. The Bertz CT molecular complexity index is 55.1. The smallest absolute Gasteiger partial charge is 0.0440 e. The standard InChI is InChI=1S/C9H20.2CH4/c1-5-6-9(4)7-8(2)3;;/h8-9H,5-7H2,1-4H3;2*1H4. The molecule has 0 rings (SSSR count). The quantitative estimate of drug-likeness (QED) is 0.557. The molecule has 0 aliphatic rings. The normalized spacial score (nSPS) is 11.7. The molecule has 0 aliphatic heterocycles. The average Bonchev–Trinajstić information content (AvgIpc) is 1.63. The van der Waals surface area contributed by atoms with Crippen molar-refractivity contribution in [2.45, 2.75) is 61.8 Å². The monoisotopic (exact) mass is 160 g/mol. The molecule has 0 aliphatic carbocycles. The van der Waals surface area contributed by atoms with E-state index in [1.165, 1.54) is 19.3 Å². The van der Waals surface area contributed by atoms with Gasteiger partial charge in [-0.1, -0.05) is 55.4 Å². The van der Waals surface area contributed by atoms with Gasteiger partial charge in [-0.3, -0.25) is 0 Å². The summed E-state index contributed by atoms with van der Waals surface area (Å²) in [6.45, 7) is 9.21. The number of rotatable bonds is 4. The minimum Gasteiger partial charge on any atom is -0.0776 e. The Balaban J connectivity index is -0.000000320. The van der Waals surface area contributed by atoms with E-state index in [9.17, 15) is 0 Å². The zero-order valence-electron chi connectivity index (χ0n) is 7.28. The highest BCUT2D eigenvalue weighted by atomic mass is 14.1. The predicted molar refractivity (Wildman–Crippen MR) is 57.0 cm³/mol. The van der Waals surface area contributed by atoms with Crippen LogP contribution in [0.1, 0.15) is 61.8 Å². The van der Waals surface area contributed by atoms with E-state index < -0.39 is 0 Å². The second-order valence-corrected chi connectivity index (χ2v) is 3.52. The minimum atomic E-state index is 0. The average molecular weight is 160 g/mol. The molecule has 0 saturated heterocycles. The van der Waals surface area contributed by atoms with E-state index in [-0.39, 0.29) is 14.9 Å². The van der Waals surface area contributed by atoms with Gasteiger partial charge in [0.2, 0.25) is 0 Å². The van der Waals surface area contributed by atoms with Crippen molar-refractivity contribution in [2.24, 2.45) is 11.8 Å². The molecule has 1 atom stereocenters. The second-order valence-electron chi connectivity index (χ2n) is 3.52. The Labute approximate surface area is 74.4 Å².